The molecule has 3 aromatic rings. The third kappa shape index (κ3) is 4.30. The lowest BCUT2D eigenvalue weighted by atomic mass is 9.76. The van der Waals surface area contributed by atoms with Gasteiger partial charge < -0.3 is 15.2 Å². The van der Waals surface area contributed by atoms with Gasteiger partial charge in [-0.25, -0.2) is 0 Å². The molecular weight excluding hydrogens is 476 g/mol. The highest BCUT2D eigenvalue weighted by molar-refractivity contribution is 9.10. The van der Waals surface area contributed by atoms with E-state index >= 15 is 0 Å². The first-order valence-electron chi connectivity index (χ1n) is 11.4. The molecule has 0 aromatic heterocycles. The third-order valence-electron chi connectivity index (χ3n) is 6.48. The molecule has 5 heteroatoms. The van der Waals surface area contributed by atoms with Crippen LogP contribution >= 0.6 is 15.9 Å². The number of ether oxygens (including phenoxy) is 1. The number of anilines is 1. The van der Waals surface area contributed by atoms with E-state index in [1.165, 1.54) is 22.4 Å². The third-order valence-corrected chi connectivity index (χ3v) is 7.09. The van der Waals surface area contributed by atoms with Crippen LogP contribution in [0.3, 0.4) is 0 Å². The number of fused-ring (bicyclic) bond motifs is 3. The fraction of sp³-hybridized carbons (Fsp3) is 0.250. The summed E-state index contributed by atoms with van der Waals surface area (Å²) in [6.45, 7) is 4.53. The van der Waals surface area contributed by atoms with Crippen LogP contribution in [0.4, 0.5) is 11.4 Å². The van der Waals surface area contributed by atoms with Gasteiger partial charge in [0.2, 0.25) is 0 Å². The first-order valence-corrected chi connectivity index (χ1v) is 12.2. The number of hydrogen-bond donors (Lipinski definition) is 2. The Balaban J connectivity index is 1.37. The Labute approximate surface area is 203 Å². The Kier molecular flexibility index (Phi) is 5.98. The van der Waals surface area contributed by atoms with Crippen LogP contribution in [0.25, 0.3) is 0 Å². The maximum Gasteiger partial charge on any atom is 0.172 e. The van der Waals surface area contributed by atoms with Crippen LogP contribution in [0.1, 0.15) is 47.6 Å². The zero-order chi connectivity index (χ0) is 22.9. The number of phenols is 1. The largest absolute Gasteiger partial charge is 0.503 e. The molecule has 0 fully saturated rings. The number of allylic oxidation sites excluding steroid dienone is 2. The van der Waals surface area contributed by atoms with Crippen molar-refractivity contribution in [3.05, 3.63) is 93.5 Å². The first-order chi connectivity index (χ1) is 16.0. The average Bonchev–Trinajstić information content (AvgIpc) is 3.31. The molecule has 1 aliphatic heterocycles. The molecule has 0 radical (unpaired) electrons. The first kappa shape index (κ1) is 21.8. The second-order valence-corrected chi connectivity index (χ2v) is 9.55. The molecule has 2 aliphatic rings. The van der Waals surface area contributed by atoms with Crippen molar-refractivity contribution in [2.24, 2.45) is 10.9 Å². The highest BCUT2D eigenvalue weighted by atomic mass is 79.9. The number of benzene rings is 3. The number of halogens is 1. The van der Waals surface area contributed by atoms with Gasteiger partial charge in [0.05, 0.1) is 22.8 Å². The molecule has 0 amide bonds. The molecule has 5 rings (SSSR count). The molecule has 3 aromatic carbocycles. The van der Waals surface area contributed by atoms with Gasteiger partial charge in [-0.1, -0.05) is 42.0 Å². The van der Waals surface area contributed by atoms with Gasteiger partial charge in [-0.05, 0) is 89.1 Å². The summed E-state index contributed by atoms with van der Waals surface area (Å²) in [4.78, 5) is 4.63. The van der Waals surface area contributed by atoms with E-state index < -0.39 is 0 Å². The summed E-state index contributed by atoms with van der Waals surface area (Å²) in [7, 11) is 0. The number of hydrogen-bond acceptors (Lipinski definition) is 4. The van der Waals surface area contributed by atoms with Gasteiger partial charge in [-0.3, -0.25) is 4.99 Å². The smallest absolute Gasteiger partial charge is 0.172 e. The number of nitrogens with one attached hydrogen (secondary N) is 1. The van der Waals surface area contributed by atoms with Crippen LogP contribution < -0.4 is 10.1 Å². The molecule has 168 valence electrons. The summed E-state index contributed by atoms with van der Waals surface area (Å²) in [5.41, 5.74) is 6.98. The van der Waals surface area contributed by atoms with Gasteiger partial charge in [-0.2, -0.15) is 0 Å². The van der Waals surface area contributed by atoms with Crippen molar-refractivity contribution in [2.75, 3.05) is 11.9 Å². The lowest BCUT2D eigenvalue weighted by Gasteiger charge is -2.37. The van der Waals surface area contributed by atoms with Gasteiger partial charge in [0.1, 0.15) is 0 Å². The molecule has 0 spiro atoms. The molecule has 4 nitrogen and oxygen atoms in total. The van der Waals surface area contributed by atoms with Gasteiger partial charge in [0.25, 0.3) is 0 Å². The van der Waals surface area contributed by atoms with Crippen molar-refractivity contribution in [3.8, 4) is 11.5 Å². The highest BCUT2D eigenvalue weighted by Gasteiger charge is 2.37. The minimum Gasteiger partial charge on any atom is -0.503 e. The van der Waals surface area contributed by atoms with Crippen molar-refractivity contribution in [3.63, 3.8) is 0 Å². The molecular formula is C28H27BrN2O2. The van der Waals surface area contributed by atoms with E-state index in [1.54, 1.807) is 12.3 Å². The molecule has 2 N–H and O–H groups in total. The molecule has 0 unspecified atom stereocenters. The standard InChI is InChI=1S/C28H27BrN2O2/c1-3-33-26-15-18(14-24(29)28(26)32)16-30-20-10-8-19(9-11-20)27-22-6-4-5-21(22)23-13-17(2)7-12-25(23)31-27/h4-5,7-16,21-22,27,31-32H,3,6H2,1-2H3/t21-,22-,27+/m1/s1. The van der Waals surface area contributed by atoms with Crippen LogP contribution in [-0.4, -0.2) is 17.9 Å². The Morgan fingerprint density at radius 2 is 1.97 bits per heavy atom. The monoisotopic (exact) mass is 502 g/mol. The van der Waals surface area contributed by atoms with Crippen LogP contribution in [-0.2, 0) is 0 Å². The number of nitrogens with zero attached hydrogens (tertiary/aromatic N) is 1. The van der Waals surface area contributed by atoms with E-state index in [9.17, 15) is 5.11 Å². The van der Waals surface area contributed by atoms with E-state index in [0.29, 0.717) is 28.7 Å². The maximum absolute atomic E-state index is 10.1. The van der Waals surface area contributed by atoms with Crippen molar-refractivity contribution in [1.29, 1.82) is 0 Å². The summed E-state index contributed by atoms with van der Waals surface area (Å²) in [6.07, 6.45) is 7.58. The lowest BCUT2D eigenvalue weighted by molar-refractivity contribution is 0.317. The summed E-state index contributed by atoms with van der Waals surface area (Å²) >= 11 is 3.38. The summed E-state index contributed by atoms with van der Waals surface area (Å²) in [6, 6.07) is 19.1. The summed E-state index contributed by atoms with van der Waals surface area (Å²) in [5, 5.41) is 13.9. The Morgan fingerprint density at radius 3 is 2.76 bits per heavy atom. The fourth-order valence-electron chi connectivity index (χ4n) is 4.89. The normalized spacial score (nSPS) is 21.0. The van der Waals surface area contributed by atoms with E-state index in [4.69, 9.17) is 4.74 Å². The van der Waals surface area contributed by atoms with E-state index in [2.05, 4.69) is 87.8 Å². The SMILES string of the molecule is CCOc1cc(C=Nc2ccc([C@@H]3Nc4ccc(C)cc4[C@@H]4C=CC[C@H]43)cc2)cc(Br)c1O. The molecule has 33 heavy (non-hydrogen) atoms. The van der Waals surface area contributed by atoms with Crippen molar-refractivity contribution >= 4 is 33.5 Å². The minimum absolute atomic E-state index is 0.106. The Morgan fingerprint density at radius 1 is 1.15 bits per heavy atom. The van der Waals surface area contributed by atoms with Crippen molar-refractivity contribution in [1.82, 2.24) is 0 Å². The van der Waals surface area contributed by atoms with Crippen LogP contribution in [0, 0.1) is 12.8 Å². The quantitative estimate of drug-likeness (QED) is 0.281. The highest BCUT2D eigenvalue weighted by Crippen LogP contribution is 2.50. The second kappa shape index (κ2) is 9.06. The van der Waals surface area contributed by atoms with Gasteiger partial charge in [0, 0.05) is 17.8 Å². The number of aryl methyl sites for hydroxylation is 1. The van der Waals surface area contributed by atoms with E-state index in [0.717, 1.165) is 17.7 Å². The average molecular weight is 503 g/mol. The molecule has 0 bridgehead atoms. The van der Waals surface area contributed by atoms with E-state index in [-0.39, 0.29) is 11.8 Å². The number of aromatic hydroxyl groups is 1. The van der Waals surface area contributed by atoms with Crippen LogP contribution in [0.5, 0.6) is 11.5 Å². The Hall–Kier alpha value is -3.05. The van der Waals surface area contributed by atoms with Crippen LogP contribution in [0.2, 0.25) is 0 Å². The minimum atomic E-state index is 0.106. The molecule has 3 atom stereocenters. The predicted molar refractivity (Wildman–Crippen MR) is 138 cm³/mol. The number of phenolic OH excluding ortho intramolecular Hbond substituents is 1. The molecule has 1 aliphatic carbocycles. The van der Waals surface area contributed by atoms with E-state index in [1.807, 2.05) is 13.0 Å². The fourth-order valence-corrected chi connectivity index (χ4v) is 5.35. The lowest BCUT2D eigenvalue weighted by Crippen LogP contribution is -2.29. The molecule has 0 saturated heterocycles. The molecule has 0 saturated carbocycles. The Bertz CT molecular complexity index is 1230. The van der Waals surface area contributed by atoms with Crippen molar-refractivity contribution in [2.45, 2.75) is 32.2 Å². The van der Waals surface area contributed by atoms with Gasteiger partial charge in [0.15, 0.2) is 11.5 Å². The predicted octanol–water partition coefficient (Wildman–Crippen LogP) is 7.44. The zero-order valence-corrected chi connectivity index (χ0v) is 20.3. The number of rotatable bonds is 5. The second-order valence-electron chi connectivity index (χ2n) is 8.70. The van der Waals surface area contributed by atoms with Crippen LogP contribution in [0.15, 0.2) is 76.2 Å². The number of aliphatic imine (C=N–C) groups is 1. The van der Waals surface area contributed by atoms with Gasteiger partial charge in [-0.15, -0.1) is 0 Å². The zero-order valence-electron chi connectivity index (χ0n) is 18.8. The summed E-state index contributed by atoms with van der Waals surface area (Å²) in [5.74, 6) is 1.55. The van der Waals surface area contributed by atoms with Crippen molar-refractivity contribution < 1.29 is 9.84 Å². The molecule has 1 heterocycles. The topological polar surface area (TPSA) is 53.8 Å². The summed E-state index contributed by atoms with van der Waals surface area (Å²) < 4.78 is 6.09. The van der Waals surface area contributed by atoms with Gasteiger partial charge >= 0.3 is 0 Å². The maximum atomic E-state index is 10.1.